The molecule has 1 aliphatic heterocycles. The Morgan fingerprint density at radius 2 is 2.15 bits per heavy atom. The molecule has 134 valence electrons. The van der Waals surface area contributed by atoms with Gasteiger partial charge in [-0.15, -0.1) is 11.3 Å². The summed E-state index contributed by atoms with van der Waals surface area (Å²) in [5, 5.41) is 6.04. The zero-order chi connectivity index (χ0) is 18.1. The van der Waals surface area contributed by atoms with Crippen LogP contribution in [0.5, 0.6) is 5.75 Å². The number of nitrogens with zero attached hydrogens (tertiary/aromatic N) is 2. The maximum Gasteiger partial charge on any atom is 0.257 e. The predicted octanol–water partition coefficient (Wildman–Crippen LogP) is 4.13. The van der Waals surface area contributed by atoms with Crippen LogP contribution in [0.25, 0.3) is 0 Å². The third kappa shape index (κ3) is 3.12. The zero-order valence-corrected chi connectivity index (χ0v) is 15.6. The van der Waals surface area contributed by atoms with E-state index in [1.807, 2.05) is 43.0 Å². The molecule has 3 heterocycles. The Bertz CT molecular complexity index is 925. The molecule has 6 heteroatoms. The molecule has 0 radical (unpaired) electrons. The number of amides is 1. The molecule has 0 spiro atoms. The lowest BCUT2D eigenvalue weighted by molar-refractivity contribution is 0.0731. The van der Waals surface area contributed by atoms with Crippen LogP contribution in [-0.4, -0.2) is 22.5 Å². The largest absolute Gasteiger partial charge is 0.488 e. The number of thiophene rings is 1. The number of aryl methyl sites for hydroxylation is 2. The van der Waals surface area contributed by atoms with Crippen LogP contribution in [0.15, 0.2) is 40.2 Å². The van der Waals surface area contributed by atoms with Crippen LogP contribution in [0.1, 0.15) is 37.8 Å². The van der Waals surface area contributed by atoms with Crippen molar-refractivity contribution in [3.8, 4) is 5.75 Å². The molecule has 0 N–H and O–H groups in total. The predicted molar refractivity (Wildman–Crippen MR) is 99.5 cm³/mol. The van der Waals surface area contributed by atoms with Crippen LogP contribution in [0.3, 0.4) is 0 Å². The van der Waals surface area contributed by atoms with Crippen molar-refractivity contribution < 1.29 is 14.1 Å². The van der Waals surface area contributed by atoms with Gasteiger partial charge in [0.25, 0.3) is 5.91 Å². The highest BCUT2D eigenvalue weighted by molar-refractivity contribution is 7.10. The van der Waals surface area contributed by atoms with E-state index in [9.17, 15) is 4.79 Å². The second kappa shape index (κ2) is 6.96. The smallest absolute Gasteiger partial charge is 0.257 e. The van der Waals surface area contributed by atoms with E-state index in [0.717, 1.165) is 30.0 Å². The minimum absolute atomic E-state index is 0.0104. The van der Waals surface area contributed by atoms with Crippen molar-refractivity contribution in [2.75, 3.05) is 6.54 Å². The molecule has 0 unspecified atom stereocenters. The van der Waals surface area contributed by atoms with Crippen molar-refractivity contribution in [2.45, 2.75) is 33.4 Å². The minimum Gasteiger partial charge on any atom is -0.488 e. The summed E-state index contributed by atoms with van der Waals surface area (Å²) in [7, 11) is 0. The molecule has 1 aromatic carbocycles. The van der Waals surface area contributed by atoms with Crippen molar-refractivity contribution in [1.29, 1.82) is 0 Å². The number of aromatic nitrogens is 1. The lowest BCUT2D eigenvalue weighted by Gasteiger charge is -2.27. The Kier molecular flexibility index (Phi) is 4.51. The van der Waals surface area contributed by atoms with E-state index in [0.29, 0.717) is 24.5 Å². The van der Waals surface area contributed by atoms with Crippen LogP contribution in [0.2, 0.25) is 0 Å². The maximum absolute atomic E-state index is 13.1. The molecular weight excluding hydrogens is 348 g/mol. The number of hydrogen-bond donors (Lipinski definition) is 0. The average molecular weight is 368 g/mol. The van der Waals surface area contributed by atoms with Gasteiger partial charge in [-0.05, 0) is 49.4 Å². The summed E-state index contributed by atoms with van der Waals surface area (Å²) in [6.45, 7) is 5.49. The first-order valence-electron chi connectivity index (χ1n) is 8.61. The fraction of sp³-hybridized carbons (Fsp3) is 0.300. The highest BCUT2D eigenvalue weighted by atomic mass is 32.1. The molecule has 26 heavy (non-hydrogen) atoms. The Labute approximate surface area is 156 Å². The topological polar surface area (TPSA) is 55.6 Å². The van der Waals surface area contributed by atoms with E-state index < -0.39 is 0 Å². The molecule has 0 aliphatic carbocycles. The number of hydrogen-bond acceptors (Lipinski definition) is 5. The summed E-state index contributed by atoms with van der Waals surface area (Å²) in [4.78, 5) is 16.3. The zero-order valence-electron chi connectivity index (χ0n) is 14.8. The number of para-hydroxylation sites is 1. The Hall–Kier alpha value is -2.60. The van der Waals surface area contributed by atoms with Gasteiger partial charge in [0.1, 0.15) is 18.1 Å². The fourth-order valence-corrected chi connectivity index (χ4v) is 4.11. The Morgan fingerprint density at radius 3 is 2.96 bits per heavy atom. The van der Waals surface area contributed by atoms with Gasteiger partial charge in [0.15, 0.2) is 0 Å². The van der Waals surface area contributed by atoms with Gasteiger partial charge in [0.05, 0.1) is 16.8 Å². The van der Waals surface area contributed by atoms with Gasteiger partial charge in [-0.2, -0.15) is 0 Å². The van der Waals surface area contributed by atoms with Gasteiger partial charge in [-0.1, -0.05) is 17.3 Å². The van der Waals surface area contributed by atoms with E-state index >= 15 is 0 Å². The van der Waals surface area contributed by atoms with Gasteiger partial charge >= 0.3 is 0 Å². The molecule has 0 saturated carbocycles. The van der Waals surface area contributed by atoms with Gasteiger partial charge in [0, 0.05) is 18.0 Å². The van der Waals surface area contributed by atoms with Crippen molar-refractivity contribution in [2.24, 2.45) is 0 Å². The van der Waals surface area contributed by atoms with Crippen molar-refractivity contribution in [1.82, 2.24) is 10.1 Å². The van der Waals surface area contributed by atoms with Crippen LogP contribution in [0, 0.1) is 13.8 Å². The minimum atomic E-state index is 0.0104. The summed E-state index contributed by atoms with van der Waals surface area (Å²) in [5.41, 5.74) is 3.59. The molecule has 0 bridgehead atoms. The number of fused-ring (bicyclic) bond motifs is 1. The van der Waals surface area contributed by atoms with E-state index in [1.54, 1.807) is 11.3 Å². The van der Waals surface area contributed by atoms with Gasteiger partial charge in [-0.25, -0.2) is 0 Å². The highest BCUT2D eigenvalue weighted by Crippen LogP contribution is 2.28. The molecule has 0 atom stereocenters. The maximum atomic E-state index is 13.1. The summed E-state index contributed by atoms with van der Waals surface area (Å²) in [5.74, 6) is 1.34. The lowest BCUT2D eigenvalue weighted by Crippen LogP contribution is -2.35. The first-order chi connectivity index (χ1) is 12.6. The standard InChI is InChI=1S/C20H20N2O3S/c1-13-17(14(2)25-21-13)12-24-18-6-4-3-5-16(18)20(23)22-9-7-19-15(11-22)8-10-26-19/h3-6,8,10H,7,9,11-12H2,1-2H3. The number of ether oxygens (including phenoxy) is 1. The van der Waals surface area contributed by atoms with E-state index in [-0.39, 0.29) is 5.91 Å². The van der Waals surface area contributed by atoms with Crippen LogP contribution < -0.4 is 4.74 Å². The molecule has 0 saturated heterocycles. The normalized spacial score (nSPS) is 13.5. The molecule has 4 rings (SSSR count). The second-order valence-electron chi connectivity index (χ2n) is 6.43. The average Bonchev–Trinajstić information content (AvgIpc) is 3.25. The third-order valence-corrected chi connectivity index (χ3v) is 5.79. The number of carbonyl (C=O) groups is 1. The molecule has 1 amide bonds. The molecular formula is C20H20N2O3S. The number of rotatable bonds is 4. The fourth-order valence-electron chi connectivity index (χ4n) is 3.22. The molecule has 3 aromatic rings. The molecule has 0 fully saturated rings. The molecule has 2 aromatic heterocycles. The van der Waals surface area contributed by atoms with Crippen LogP contribution in [-0.2, 0) is 19.6 Å². The second-order valence-corrected chi connectivity index (χ2v) is 7.43. The molecule has 5 nitrogen and oxygen atoms in total. The number of benzene rings is 1. The Morgan fingerprint density at radius 1 is 1.31 bits per heavy atom. The first-order valence-corrected chi connectivity index (χ1v) is 9.49. The van der Waals surface area contributed by atoms with Gasteiger partial charge in [-0.3, -0.25) is 4.79 Å². The van der Waals surface area contributed by atoms with Crippen molar-refractivity contribution >= 4 is 17.2 Å². The van der Waals surface area contributed by atoms with Gasteiger partial charge < -0.3 is 14.2 Å². The molecule has 1 aliphatic rings. The monoisotopic (exact) mass is 368 g/mol. The summed E-state index contributed by atoms with van der Waals surface area (Å²) in [6, 6.07) is 9.53. The van der Waals surface area contributed by atoms with Gasteiger partial charge in [0.2, 0.25) is 0 Å². The number of carbonyl (C=O) groups excluding carboxylic acids is 1. The highest BCUT2D eigenvalue weighted by Gasteiger charge is 2.24. The van der Waals surface area contributed by atoms with Crippen molar-refractivity contribution in [3.05, 3.63) is 68.7 Å². The summed E-state index contributed by atoms with van der Waals surface area (Å²) in [6.07, 6.45) is 0.918. The summed E-state index contributed by atoms with van der Waals surface area (Å²) >= 11 is 1.77. The van der Waals surface area contributed by atoms with E-state index in [1.165, 1.54) is 10.4 Å². The summed E-state index contributed by atoms with van der Waals surface area (Å²) < 4.78 is 11.1. The SMILES string of the molecule is Cc1noc(C)c1COc1ccccc1C(=O)N1CCc2sccc2C1. The van der Waals surface area contributed by atoms with Crippen molar-refractivity contribution in [3.63, 3.8) is 0 Å². The quantitative estimate of drug-likeness (QED) is 0.695. The van der Waals surface area contributed by atoms with Crippen LogP contribution >= 0.6 is 11.3 Å². The van der Waals surface area contributed by atoms with E-state index in [4.69, 9.17) is 9.26 Å². The Balaban J connectivity index is 1.53. The van der Waals surface area contributed by atoms with E-state index in [2.05, 4.69) is 16.6 Å². The lowest BCUT2D eigenvalue weighted by atomic mass is 10.1. The third-order valence-electron chi connectivity index (χ3n) is 4.77. The first kappa shape index (κ1) is 16.8. The van der Waals surface area contributed by atoms with Crippen LogP contribution in [0.4, 0.5) is 0 Å².